The fourth-order valence-electron chi connectivity index (χ4n) is 3.87. The Balaban J connectivity index is 1.62. The second-order valence-corrected chi connectivity index (χ2v) is 9.76. The Morgan fingerprint density at radius 3 is 2.75 bits per heavy atom. The number of esters is 1. The van der Waals surface area contributed by atoms with Crippen LogP contribution in [0.1, 0.15) is 52.1 Å². The number of hydrogen-bond acceptors (Lipinski definition) is 5. The lowest BCUT2D eigenvalue weighted by atomic mass is 9.86. The molecule has 0 saturated carbocycles. The molecule has 2 aromatic rings. The van der Waals surface area contributed by atoms with Crippen molar-refractivity contribution >= 4 is 35.1 Å². The number of fused-ring (bicyclic) bond motifs is 2. The lowest BCUT2D eigenvalue weighted by Gasteiger charge is -2.24. The van der Waals surface area contributed by atoms with Crippen LogP contribution in [0.15, 0.2) is 42.5 Å². The molecule has 2 aliphatic heterocycles. The lowest BCUT2D eigenvalue weighted by molar-refractivity contribution is 0.00158. The van der Waals surface area contributed by atoms with Crippen LogP contribution in [-0.4, -0.2) is 29.6 Å². The molecule has 146 valence electrons. The average Bonchev–Trinajstić information content (AvgIpc) is 3.26. The predicted octanol–water partition coefficient (Wildman–Crippen LogP) is 4.59. The molecule has 1 unspecified atom stereocenters. The van der Waals surface area contributed by atoms with Crippen molar-refractivity contribution in [2.75, 3.05) is 13.1 Å². The molecule has 0 radical (unpaired) electrons. The van der Waals surface area contributed by atoms with Crippen LogP contribution in [0.4, 0.5) is 0 Å². The first-order chi connectivity index (χ1) is 13.3. The summed E-state index contributed by atoms with van der Waals surface area (Å²) in [6.45, 7) is 5.17. The first kappa shape index (κ1) is 19.5. The zero-order valence-electron chi connectivity index (χ0n) is 15.9. The minimum atomic E-state index is -0.710. The van der Waals surface area contributed by atoms with Crippen molar-refractivity contribution < 1.29 is 14.3 Å². The van der Waals surface area contributed by atoms with E-state index in [0.29, 0.717) is 28.4 Å². The fraction of sp³-hybridized carbons (Fsp3) is 0.364. The van der Waals surface area contributed by atoms with Crippen molar-refractivity contribution in [1.29, 1.82) is 0 Å². The minimum Gasteiger partial charge on any atom is -0.449 e. The lowest BCUT2D eigenvalue weighted by Crippen LogP contribution is -2.30. The summed E-state index contributed by atoms with van der Waals surface area (Å²) in [5, 5.41) is 3.95. The van der Waals surface area contributed by atoms with Crippen LogP contribution in [0.25, 0.3) is 0 Å². The highest BCUT2D eigenvalue weighted by Gasteiger charge is 2.49. The van der Waals surface area contributed by atoms with E-state index < -0.39 is 16.3 Å². The first-order valence-corrected chi connectivity index (χ1v) is 10.7. The highest BCUT2D eigenvalue weighted by molar-refractivity contribution is 8.00. The number of halogens is 1. The third-order valence-corrected chi connectivity index (χ3v) is 7.23. The molecular weight excluding hydrogens is 394 g/mol. The number of Topliss-reactive ketones (excluding diaryl/α,β-unsaturated/α-hetero) is 1. The van der Waals surface area contributed by atoms with E-state index in [9.17, 15) is 9.59 Å². The number of nitrogens with one attached hydrogen (secondary N) is 1. The molecule has 2 aliphatic rings. The van der Waals surface area contributed by atoms with Crippen LogP contribution in [0.5, 0.6) is 0 Å². The molecule has 0 amide bonds. The molecule has 28 heavy (non-hydrogen) atoms. The van der Waals surface area contributed by atoms with Crippen molar-refractivity contribution in [3.63, 3.8) is 0 Å². The molecule has 1 saturated heterocycles. The van der Waals surface area contributed by atoms with Crippen LogP contribution < -0.4 is 5.32 Å². The van der Waals surface area contributed by atoms with Gasteiger partial charge in [-0.2, -0.15) is 0 Å². The van der Waals surface area contributed by atoms with Gasteiger partial charge < -0.3 is 10.1 Å². The van der Waals surface area contributed by atoms with E-state index in [4.69, 9.17) is 16.3 Å². The van der Waals surface area contributed by atoms with Crippen molar-refractivity contribution in [2.24, 2.45) is 0 Å². The smallest absolute Gasteiger partial charge is 0.340 e. The molecule has 1 fully saturated rings. The Morgan fingerprint density at radius 1 is 1.25 bits per heavy atom. The number of thioether (sulfide) groups is 1. The van der Waals surface area contributed by atoms with Crippen LogP contribution in [0.2, 0.25) is 5.02 Å². The van der Waals surface area contributed by atoms with Gasteiger partial charge in [-0.15, -0.1) is 11.8 Å². The summed E-state index contributed by atoms with van der Waals surface area (Å²) in [7, 11) is 0. The second kappa shape index (κ2) is 7.21. The third kappa shape index (κ3) is 3.25. The van der Waals surface area contributed by atoms with Gasteiger partial charge in [0.15, 0.2) is 11.4 Å². The number of hydrogen-bond donors (Lipinski definition) is 1. The van der Waals surface area contributed by atoms with Gasteiger partial charge in [0.1, 0.15) is 0 Å². The topological polar surface area (TPSA) is 55.4 Å². The Hall–Kier alpha value is -1.82. The quantitative estimate of drug-likeness (QED) is 0.571. The van der Waals surface area contributed by atoms with Gasteiger partial charge in [-0.1, -0.05) is 48.0 Å². The van der Waals surface area contributed by atoms with E-state index in [1.807, 2.05) is 50.2 Å². The predicted molar refractivity (Wildman–Crippen MR) is 112 cm³/mol. The monoisotopic (exact) mass is 415 g/mol. The molecule has 2 heterocycles. The second-order valence-electron chi connectivity index (χ2n) is 7.76. The van der Waals surface area contributed by atoms with Crippen molar-refractivity contribution in [3.05, 3.63) is 69.7 Å². The van der Waals surface area contributed by atoms with Crippen LogP contribution in [0.3, 0.4) is 0 Å². The summed E-state index contributed by atoms with van der Waals surface area (Å²) in [5.74, 6) is 0.155. The van der Waals surface area contributed by atoms with Crippen LogP contribution in [-0.2, 0) is 16.1 Å². The summed E-state index contributed by atoms with van der Waals surface area (Å²) >= 11 is 7.77. The largest absolute Gasteiger partial charge is 0.449 e. The van der Waals surface area contributed by atoms with Gasteiger partial charge in [-0.25, -0.2) is 4.79 Å². The van der Waals surface area contributed by atoms with Gasteiger partial charge in [0, 0.05) is 34.9 Å². The molecule has 0 aliphatic carbocycles. The van der Waals surface area contributed by atoms with E-state index in [2.05, 4.69) is 5.32 Å². The van der Waals surface area contributed by atoms with Crippen molar-refractivity contribution in [1.82, 2.24) is 5.32 Å². The molecule has 0 aromatic heterocycles. The van der Waals surface area contributed by atoms with Gasteiger partial charge in [-0.3, -0.25) is 4.79 Å². The number of rotatable bonds is 5. The maximum atomic E-state index is 13.4. The first-order valence-electron chi connectivity index (χ1n) is 9.34. The van der Waals surface area contributed by atoms with E-state index in [1.165, 1.54) is 11.8 Å². The van der Waals surface area contributed by atoms with Crippen molar-refractivity contribution in [3.8, 4) is 0 Å². The number of ketones is 1. The Bertz CT molecular complexity index is 951. The summed E-state index contributed by atoms with van der Waals surface area (Å²) in [4.78, 5) is 26.1. The van der Waals surface area contributed by atoms with Gasteiger partial charge in [-0.05, 0) is 32.0 Å². The highest BCUT2D eigenvalue weighted by atomic mass is 35.5. The number of ether oxygens (including phenoxy) is 1. The van der Waals surface area contributed by atoms with E-state index >= 15 is 0 Å². The summed E-state index contributed by atoms with van der Waals surface area (Å²) in [5.41, 5.74) is 2.08. The molecule has 0 bridgehead atoms. The van der Waals surface area contributed by atoms with Crippen LogP contribution >= 0.6 is 23.4 Å². The van der Waals surface area contributed by atoms with Gasteiger partial charge >= 0.3 is 5.97 Å². The zero-order valence-corrected chi connectivity index (χ0v) is 17.5. The summed E-state index contributed by atoms with van der Waals surface area (Å²) in [6, 6.07) is 13.1. The SMILES string of the molecule is CC(C)(SCc1ccccc1Cl)C(=O)c1cccc2c1C(=O)OC21CCNC1. The standard InChI is InChI=1S/C22H22ClNO3S/c1-21(2,28-12-14-6-3-4-9-17(14)23)19(25)15-7-5-8-16-18(15)20(26)27-22(16)10-11-24-13-22/h3-9,24H,10-13H2,1-2H3. The molecule has 1 spiro atoms. The molecule has 4 nitrogen and oxygen atoms in total. The average molecular weight is 416 g/mol. The molecule has 4 rings (SSSR count). The van der Waals surface area contributed by atoms with E-state index in [1.54, 1.807) is 6.07 Å². The Labute approximate surface area is 174 Å². The van der Waals surface area contributed by atoms with Gasteiger partial charge in [0.25, 0.3) is 0 Å². The summed E-state index contributed by atoms with van der Waals surface area (Å²) in [6.07, 6.45) is 0.730. The van der Waals surface area contributed by atoms with E-state index in [0.717, 1.165) is 24.1 Å². The summed E-state index contributed by atoms with van der Waals surface area (Å²) < 4.78 is 5.04. The highest BCUT2D eigenvalue weighted by Crippen LogP contribution is 2.43. The maximum absolute atomic E-state index is 13.4. The Kier molecular flexibility index (Phi) is 5.02. The number of benzene rings is 2. The minimum absolute atomic E-state index is 0.0682. The molecule has 2 aromatic carbocycles. The van der Waals surface area contributed by atoms with Crippen molar-refractivity contribution in [2.45, 2.75) is 36.4 Å². The third-order valence-electron chi connectivity index (χ3n) is 5.50. The molecular formula is C22H22ClNO3S. The normalized spacial score (nSPS) is 21.0. The van der Waals surface area contributed by atoms with Gasteiger partial charge in [0.05, 0.1) is 10.3 Å². The molecule has 6 heteroatoms. The fourth-order valence-corrected chi connectivity index (χ4v) is 5.16. The molecule has 1 N–H and O–H groups in total. The molecule has 1 atom stereocenters. The number of carbonyl (C=O) groups is 2. The van der Waals surface area contributed by atoms with Gasteiger partial charge in [0.2, 0.25) is 0 Å². The van der Waals surface area contributed by atoms with Crippen LogP contribution in [0, 0.1) is 0 Å². The maximum Gasteiger partial charge on any atom is 0.340 e. The van der Waals surface area contributed by atoms with E-state index in [-0.39, 0.29) is 5.78 Å². The number of carbonyl (C=O) groups excluding carboxylic acids is 2. The Morgan fingerprint density at radius 2 is 2.04 bits per heavy atom. The zero-order chi connectivity index (χ0) is 19.9.